The van der Waals surface area contributed by atoms with Crippen LogP contribution in [-0.2, 0) is 11.5 Å². The summed E-state index contributed by atoms with van der Waals surface area (Å²) in [4.78, 5) is 3.17. The Hall–Kier alpha value is -3.03. The molecule has 152 valence electrons. The van der Waals surface area contributed by atoms with Crippen molar-refractivity contribution >= 4 is 33.0 Å². The predicted molar refractivity (Wildman–Crippen MR) is 137 cm³/mol. The van der Waals surface area contributed by atoms with Gasteiger partial charge in [-0.2, -0.15) is 10.0 Å². The van der Waals surface area contributed by atoms with E-state index < -0.39 is 10.0 Å². The average molecular weight is 419 g/mol. The van der Waals surface area contributed by atoms with Crippen LogP contribution in [0.3, 0.4) is 0 Å². The average Bonchev–Trinajstić information content (AvgIpc) is 3.32. The number of rotatable bonds is 2. The van der Waals surface area contributed by atoms with Crippen LogP contribution in [-0.4, -0.2) is 0 Å². The van der Waals surface area contributed by atoms with Crippen LogP contribution in [0.2, 0.25) is 0 Å². The quantitative estimate of drug-likeness (QED) is 0.305. The molecule has 4 aromatic carbocycles. The number of hydrogen-bond acceptors (Lipinski definition) is 0. The number of hydrogen-bond donors (Lipinski definition) is 0. The maximum atomic E-state index is 4.16. The minimum atomic E-state index is -1.17. The Balaban J connectivity index is 1.79. The van der Waals surface area contributed by atoms with E-state index in [1.165, 1.54) is 55.3 Å². The van der Waals surface area contributed by atoms with E-state index in [4.69, 9.17) is 0 Å². The molecule has 2 aliphatic rings. The molecule has 0 saturated carbocycles. The highest BCUT2D eigenvalue weighted by Crippen LogP contribution is 2.78. The molecule has 4 aromatic rings. The molecule has 0 N–H and O–H groups in total. The molecular weight excluding hydrogens is 392 g/mol. The summed E-state index contributed by atoms with van der Waals surface area (Å²) >= 11 is 0. The van der Waals surface area contributed by atoms with E-state index in [1.54, 1.807) is 9.79 Å². The lowest BCUT2D eigenvalue weighted by molar-refractivity contribution is 1.35. The van der Waals surface area contributed by atoms with Gasteiger partial charge in [-0.1, -0.05) is 79.9 Å². The second kappa shape index (κ2) is 6.48. The standard InChI is InChI=1S/C30H26S/c1-5-23-19(3)25-15-16-27-26-13-9-10-14-28(26)31(17-21-11-7-8-12-22(21)18-31)30(27)29(25)20(4)24(23)6-2/h5-16H,1-2,17-18H2,3-4H3. The minimum Gasteiger partial charge on any atom is -0.178 e. The van der Waals surface area contributed by atoms with E-state index in [1.807, 2.05) is 12.2 Å². The second-order valence-corrected chi connectivity index (χ2v) is 12.0. The van der Waals surface area contributed by atoms with Gasteiger partial charge < -0.3 is 0 Å². The third-order valence-corrected chi connectivity index (χ3v) is 11.4. The predicted octanol–water partition coefficient (Wildman–Crippen LogP) is 8.66. The Labute approximate surface area is 186 Å². The fourth-order valence-electron chi connectivity index (χ4n) is 5.96. The molecule has 0 fully saturated rings. The molecule has 0 radical (unpaired) electrons. The van der Waals surface area contributed by atoms with Crippen molar-refractivity contribution in [3.05, 3.63) is 107 Å². The molecule has 0 aliphatic carbocycles. The first-order valence-electron chi connectivity index (χ1n) is 10.9. The summed E-state index contributed by atoms with van der Waals surface area (Å²) < 4.78 is 0. The number of benzene rings is 4. The topological polar surface area (TPSA) is 0 Å². The van der Waals surface area contributed by atoms with E-state index in [0.717, 1.165) is 11.5 Å². The Bertz CT molecular complexity index is 1410. The Morgan fingerprint density at radius 3 is 2.00 bits per heavy atom. The van der Waals surface area contributed by atoms with Crippen molar-refractivity contribution in [2.24, 2.45) is 0 Å². The molecular formula is C30H26S. The SMILES string of the molecule is C=Cc1c(C=C)c(C)c2c3c(ccc2c1C)-c1ccccc1S31Cc2ccccc2C1. The zero-order chi connectivity index (χ0) is 21.3. The highest BCUT2D eigenvalue weighted by molar-refractivity contribution is 8.33. The number of aryl methyl sites for hydroxylation is 2. The lowest BCUT2D eigenvalue weighted by Gasteiger charge is -2.35. The molecule has 0 nitrogen and oxygen atoms in total. The zero-order valence-corrected chi connectivity index (χ0v) is 19.0. The highest BCUT2D eigenvalue weighted by atomic mass is 32.3. The summed E-state index contributed by atoms with van der Waals surface area (Å²) in [5.74, 6) is 2.30. The van der Waals surface area contributed by atoms with Crippen LogP contribution in [0, 0.1) is 13.8 Å². The van der Waals surface area contributed by atoms with Crippen molar-refractivity contribution in [1.82, 2.24) is 0 Å². The summed E-state index contributed by atoms with van der Waals surface area (Å²) in [6.45, 7) is 12.8. The minimum absolute atomic E-state index is 1.15. The lowest BCUT2D eigenvalue weighted by Crippen LogP contribution is -2.02. The molecule has 0 amide bonds. The molecule has 0 aromatic heterocycles. The van der Waals surface area contributed by atoms with Crippen LogP contribution in [0.1, 0.15) is 33.4 Å². The molecule has 0 bridgehead atoms. The first-order valence-corrected chi connectivity index (χ1v) is 12.9. The molecule has 0 atom stereocenters. The largest absolute Gasteiger partial charge is 0.178 e. The molecule has 2 aliphatic heterocycles. The molecule has 2 heterocycles. The van der Waals surface area contributed by atoms with Gasteiger partial charge in [0.2, 0.25) is 0 Å². The maximum absolute atomic E-state index is 4.16. The van der Waals surface area contributed by atoms with Crippen molar-refractivity contribution in [1.29, 1.82) is 0 Å². The van der Waals surface area contributed by atoms with E-state index in [9.17, 15) is 0 Å². The van der Waals surface area contributed by atoms with Crippen molar-refractivity contribution in [2.75, 3.05) is 0 Å². The monoisotopic (exact) mass is 418 g/mol. The fraction of sp³-hybridized carbons (Fsp3) is 0.133. The van der Waals surface area contributed by atoms with Crippen molar-refractivity contribution in [3.8, 4) is 11.1 Å². The fourth-order valence-corrected chi connectivity index (χ4v) is 10.7. The van der Waals surface area contributed by atoms with Gasteiger partial charge in [0.15, 0.2) is 0 Å². The molecule has 6 rings (SSSR count). The summed E-state index contributed by atoms with van der Waals surface area (Å²) in [5.41, 5.74) is 11.0. The van der Waals surface area contributed by atoms with Crippen molar-refractivity contribution < 1.29 is 0 Å². The van der Waals surface area contributed by atoms with Gasteiger partial charge in [0.25, 0.3) is 0 Å². The van der Waals surface area contributed by atoms with Gasteiger partial charge in [-0.25, -0.2) is 0 Å². The molecule has 31 heavy (non-hydrogen) atoms. The van der Waals surface area contributed by atoms with Gasteiger partial charge in [-0.05, 0) is 75.2 Å². The molecule has 1 spiro atoms. The van der Waals surface area contributed by atoms with Gasteiger partial charge in [0.1, 0.15) is 0 Å². The van der Waals surface area contributed by atoms with Gasteiger partial charge in [-0.3, -0.25) is 0 Å². The van der Waals surface area contributed by atoms with Crippen LogP contribution in [0.5, 0.6) is 0 Å². The van der Waals surface area contributed by atoms with Gasteiger partial charge in [-0.15, -0.1) is 0 Å². The van der Waals surface area contributed by atoms with E-state index in [2.05, 4.69) is 87.7 Å². The first-order chi connectivity index (χ1) is 15.1. The zero-order valence-electron chi connectivity index (χ0n) is 18.2. The first kappa shape index (κ1) is 18.7. The Morgan fingerprint density at radius 2 is 1.32 bits per heavy atom. The maximum Gasteiger partial charge on any atom is 0.0110 e. The van der Waals surface area contributed by atoms with E-state index in [0.29, 0.717) is 0 Å². The summed E-state index contributed by atoms with van der Waals surface area (Å²) in [6.07, 6.45) is 4.01. The Morgan fingerprint density at radius 1 is 0.710 bits per heavy atom. The van der Waals surface area contributed by atoms with Gasteiger partial charge >= 0.3 is 0 Å². The summed E-state index contributed by atoms with van der Waals surface area (Å²) in [7, 11) is -1.17. The third kappa shape index (κ3) is 2.28. The molecule has 0 saturated heterocycles. The second-order valence-electron chi connectivity index (χ2n) is 8.79. The molecule has 1 heteroatoms. The summed E-state index contributed by atoms with van der Waals surface area (Å²) in [5, 5.41) is 2.82. The smallest absolute Gasteiger partial charge is 0.0110 e. The van der Waals surface area contributed by atoms with Crippen LogP contribution < -0.4 is 0 Å². The van der Waals surface area contributed by atoms with E-state index >= 15 is 0 Å². The van der Waals surface area contributed by atoms with Crippen molar-refractivity contribution in [2.45, 2.75) is 35.1 Å². The highest BCUT2D eigenvalue weighted by Gasteiger charge is 2.44. The van der Waals surface area contributed by atoms with Gasteiger partial charge in [0.05, 0.1) is 0 Å². The van der Waals surface area contributed by atoms with E-state index in [-0.39, 0.29) is 0 Å². The summed E-state index contributed by atoms with van der Waals surface area (Å²) in [6, 6.07) is 23.0. The van der Waals surface area contributed by atoms with Crippen LogP contribution >= 0.6 is 10.0 Å². The Kier molecular flexibility index (Phi) is 3.91. The normalized spacial score (nSPS) is 16.1. The van der Waals surface area contributed by atoms with Gasteiger partial charge in [0, 0.05) is 21.3 Å². The number of fused-ring (bicyclic) bond motifs is 8. The molecule has 0 unspecified atom stereocenters. The third-order valence-electron chi connectivity index (χ3n) is 7.35. The van der Waals surface area contributed by atoms with Crippen LogP contribution in [0.25, 0.3) is 34.1 Å². The lowest BCUT2D eigenvalue weighted by atomic mass is 9.88. The van der Waals surface area contributed by atoms with Crippen molar-refractivity contribution in [3.63, 3.8) is 0 Å². The van der Waals surface area contributed by atoms with Crippen LogP contribution in [0.15, 0.2) is 83.6 Å². The van der Waals surface area contributed by atoms with Crippen LogP contribution in [0.4, 0.5) is 0 Å².